The molecule has 182 valence electrons. The number of carbonyl (C=O) groups excluding carboxylic acids is 2. The Balaban J connectivity index is 2.09. The molecule has 4 rings (SSSR count). The van der Waals surface area contributed by atoms with Gasteiger partial charge >= 0.3 is 11.9 Å². The van der Waals surface area contributed by atoms with E-state index in [1.54, 1.807) is 42.6 Å². The Morgan fingerprint density at radius 1 is 1.14 bits per heavy atom. The van der Waals surface area contributed by atoms with Gasteiger partial charge in [0.2, 0.25) is 5.13 Å². The van der Waals surface area contributed by atoms with E-state index in [-0.39, 0.29) is 29.0 Å². The summed E-state index contributed by atoms with van der Waals surface area (Å²) in [5.74, 6) is 0.310. The Labute approximate surface area is 205 Å². The van der Waals surface area contributed by atoms with E-state index in [2.05, 4.69) is 24.7 Å². The molecule has 0 aliphatic carbocycles. The summed E-state index contributed by atoms with van der Waals surface area (Å²) in [6.45, 7) is 9.62. The number of aryl methyl sites for hydroxylation is 1. The summed E-state index contributed by atoms with van der Waals surface area (Å²) in [7, 11) is 1.30. The van der Waals surface area contributed by atoms with Crippen LogP contribution in [0.4, 0.5) is 10.9 Å². The maximum Gasteiger partial charge on any atom is 0.342 e. The molecule has 11 nitrogen and oxygen atoms in total. The minimum absolute atomic E-state index is 0.158. The number of fused-ring (bicyclic) bond motifs is 1. The second-order valence-corrected chi connectivity index (χ2v) is 9.37. The predicted octanol–water partition coefficient (Wildman–Crippen LogP) is 5.17. The third kappa shape index (κ3) is 4.56. The second-order valence-electron chi connectivity index (χ2n) is 8.64. The van der Waals surface area contributed by atoms with Crippen LogP contribution in [0.1, 0.15) is 60.1 Å². The van der Waals surface area contributed by atoms with Crippen LogP contribution in [0.5, 0.6) is 0 Å². The van der Waals surface area contributed by atoms with E-state index in [1.807, 2.05) is 20.8 Å². The molecule has 0 fully saturated rings. The highest BCUT2D eigenvalue weighted by atomic mass is 32.1. The lowest BCUT2D eigenvalue weighted by molar-refractivity contribution is 0.0527. The van der Waals surface area contributed by atoms with Crippen molar-refractivity contribution < 1.29 is 19.1 Å². The topological polar surface area (TPSA) is 136 Å². The number of rotatable bonds is 6. The molecule has 0 saturated carbocycles. The molecular formula is C23H25N7O4S. The van der Waals surface area contributed by atoms with Crippen molar-refractivity contribution in [2.75, 3.05) is 13.7 Å². The molecule has 0 spiro atoms. The average Bonchev–Trinajstić information content (AvgIpc) is 3.51. The van der Waals surface area contributed by atoms with E-state index in [0.717, 1.165) is 11.5 Å². The summed E-state index contributed by atoms with van der Waals surface area (Å²) < 4.78 is 16.1. The summed E-state index contributed by atoms with van der Waals surface area (Å²) in [4.78, 5) is 34.8. The maximum atomic E-state index is 13.3. The van der Waals surface area contributed by atoms with Crippen LogP contribution in [0.25, 0.3) is 16.8 Å². The number of ether oxygens (including phenoxy) is 2. The summed E-state index contributed by atoms with van der Waals surface area (Å²) in [5.41, 5.74) is 1.16. The number of azo groups is 1. The zero-order valence-electron chi connectivity index (χ0n) is 20.2. The quantitative estimate of drug-likeness (QED) is 0.288. The number of aromatic amines is 1. The molecule has 0 aliphatic heterocycles. The molecule has 0 aliphatic rings. The van der Waals surface area contributed by atoms with Crippen LogP contribution >= 0.6 is 11.5 Å². The molecule has 0 radical (unpaired) electrons. The van der Waals surface area contributed by atoms with Gasteiger partial charge in [-0.1, -0.05) is 39.0 Å². The van der Waals surface area contributed by atoms with Crippen molar-refractivity contribution in [1.29, 1.82) is 0 Å². The van der Waals surface area contributed by atoms with Gasteiger partial charge in [0.05, 0.1) is 19.3 Å². The van der Waals surface area contributed by atoms with Crippen LogP contribution in [0.2, 0.25) is 0 Å². The van der Waals surface area contributed by atoms with Gasteiger partial charge < -0.3 is 9.47 Å². The zero-order valence-corrected chi connectivity index (χ0v) is 21.1. The summed E-state index contributed by atoms with van der Waals surface area (Å²) in [5, 5.41) is 12.3. The monoisotopic (exact) mass is 495 g/mol. The van der Waals surface area contributed by atoms with Gasteiger partial charge in [0.15, 0.2) is 11.5 Å². The Bertz CT molecular complexity index is 1440. The van der Waals surface area contributed by atoms with Gasteiger partial charge in [0.1, 0.15) is 17.2 Å². The lowest BCUT2D eigenvalue weighted by Gasteiger charge is -2.14. The number of hydrogen-bond donors (Lipinski definition) is 1. The van der Waals surface area contributed by atoms with E-state index >= 15 is 0 Å². The summed E-state index contributed by atoms with van der Waals surface area (Å²) in [6.07, 6.45) is 0. The lowest BCUT2D eigenvalue weighted by atomic mass is 9.96. The molecule has 0 amide bonds. The van der Waals surface area contributed by atoms with Gasteiger partial charge in [-0.2, -0.15) is 4.37 Å². The van der Waals surface area contributed by atoms with Crippen molar-refractivity contribution in [3.63, 3.8) is 0 Å². The Kier molecular flexibility index (Phi) is 6.48. The van der Waals surface area contributed by atoms with E-state index in [4.69, 9.17) is 14.5 Å². The fraction of sp³-hybridized carbons (Fsp3) is 0.348. The normalized spacial score (nSPS) is 11.9. The van der Waals surface area contributed by atoms with Gasteiger partial charge in [-0.3, -0.25) is 5.10 Å². The molecule has 3 heterocycles. The van der Waals surface area contributed by atoms with Crippen LogP contribution in [-0.4, -0.2) is 49.6 Å². The number of aromatic nitrogens is 5. The zero-order chi connectivity index (χ0) is 25.3. The van der Waals surface area contributed by atoms with Crippen molar-refractivity contribution in [3.05, 3.63) is 47.0 Å². The average molecular weight is 496 g/mol. The highest BCUT2D eigenvalue weighted by Crippen LogP contribution is 2.41. The van der Waals surface area contributed by atoms with Crippen molar-refractivity contribution >= 4 is 40.1 Å². The fourth-order valence-electron chi connectivity index (χ4n) is 3.48. The number of H-pyrrole nitrogens is 1. The molecular weight excluding hydrogens is 470 g/mol. The number of benzene rings is 1. The molecule has 3 aromatic heterocycles. The first-order valence-electron chi connectivity index (χ1n) is 10.9. The summed E-state index contributed by atoms with van der Waals surface area (Å²) >= 11 is 1.10. The lowest BCUT2D eigenvalue weighted by Crippen LogP contribution is -2.14. The minimum atomic E-state index is -0.597. The van der Waals surface area contributed by atoms with Crippen molar-refractivity contribution in [2.45, 2.75) is 40.0 Å². The molecule has 0 unspecified atom stereocenters. The van der Waals surface area contributed by atoms with Gasteiger partial charge in [-0.25, -0.2) is 24.1 Å². The standard InChI is InChI=1S/C23H25N7O4S/c1-7-34-20(32)16-15(13-10-8-9-11-14(13)19(31)33-6)18(26-27-22-24-12(2)29-35-22)30-17(16)25-21(28-30)23(3,4)5/h8-11H,7H2,1-6H3,(H,25,28). The Hall–Kier alpha value is -3.93. The van der Waals surface area contributed by atoms with E-state index in [1.165, 1.54) is 7.11 Å². The smallest absolute Gasteiger partial charge is 0.342 e. The number of esters is 2. The Morgan fingerprint density at radius 2 is 1.89 bits per heavy atom. The van der Waals surface area contributed by atoms with Crippen LogP contribution in [0.3, 0.4) is 0 Å². The first-order valence-corrected chi connectivity index (χ1v) is 11.6. The minimum Gasteiger partial charge on any atom is -0.465 e. The van der Waals surface area contributed by atoms with Gasteiger partial charge in [-0.15, -0.1) is 10.2 Å². The number of hydrogen-bond acceptors (Lipinski definition) is 10. The first-order chi connectivity index (χ1) is 16.7. The highest BCUT2D eigenvalue weighted by Gasteiger charge is 2.32. The first kappa shape index (κ1) is 24.2. The van der Waals surface area contributed by atoms with Crippen LogP contribution in [0, 0.1) is 6.92 Å². The Morgan fingerprint density at radius 3 is 2.51 bits per heavy atom. The van der Waals surface area contributed by atoms with E-state index in [9.17, 15) is 9.59 Å². The SMILES string of the molecule is CCOC(=O)c1c(-c2ccccc2C(=O)OC)c(N=Nc2nc(C)ns2)n2[nH]c(C(C)(C)C)nc12. The van der Waals surface area contributed by atoms with Crippen LogP contribution < -0.4 is 0 Å². The molecule has 1 aromatic carbocycles. The maximum absolute atomic E-state index is 13.3. The van der Waals surface area contributed by atoms with Crippen LogP contribution in [-0.2, 0) is 14.9 Å². The van der Waals surface area contributed by atoms with Crippen molar-refractivity contribution in [1.82, 2.24) is 24.0 Å². The largest absolute Gasteiger partial charge is 0.465 e. The molecule has 4 aromatic rings. The predicted molar refractivity (Wildman–Crippen MR) is 130 cm³/mol. The van der Waals surface area contributed by atoms with Gasteiger partial charge in [0, 0.05) is 28.1 Å². The molecule has 35 heavy (non-hydrogen) atoms. The molecule has 12 heteroatoms. The van der Waals surface area contributed by atoms with Gasteiger partial charge in [0.25, 0.3) is 0 Å². The van der Waals surface area contributed by atoms with Crippen molar-refractivity contribution in [2.24, 2.45) is 10.2 Å². The second kappa shape index (κ2) is 9.37. The highest BCUT2D eigenvalue weighted by molar-refractivity contribution is 7.09. The number of nitrogens with zero attached hydrogens (tertiary/aromatic N) is 6. The van der Waals surface area contributed by atoms with E-state index < -0.39 is 11.9 Å². The molecule has 0 atom stereocenters. The number of carbonyl (C=O) groups is 2. The van der Waals surface area contributed by atoms with Crippen molar-refractivity contribution in [3.8, 4) is 11.1 Å². The molecule has 1 N–H and O–H groups in total. The number of nitrogens with one attached hydrogen (secondary N) is 1. The fourth-order valence-corrected chi connectivity index (χ4v) is 3.99. The number of methoxy groups -OCH3 is 1. The van der Waals surface area contributed by atoms with E-state index in [0.29, 0.717) is 33.6 Å². The third-order valence-electron chi connectivity index (χ3n) is 5.10. The molecule has 0 bridgehead atoms. The van der Waals surface area contributed by atoms with Gasteiger partial charge in [-0.05, 0) is 19.9 Å². The molecule has 0 saturated heterocycles. The summed E-state index contributed by atoms with van der Waals surface area (Å²) in [6, 6.07) is 6.79. The van der Waals surface area contributed by atoms with Crippen LogP contribution in [0.15, 0.2) is 34.5 Å². The third-order valence-corrected chi connectivity index (χ3v) is 5.79.